The molecule has 3 rings (SSSR count). The summed E-state index contributed by atoms with van der Waals surface area (Å²) >= 11 is 3.14. The van der Waals surface area contributed by atoms with Crippen LogP contribution in [0.2, 0.25) is 0 Å². The molecule has 3 heterocycles. The second-order valence-corrected chi connectivity index (χ2v) is 5.27. The summed E-state index contributed by atoms with van der Waals surface area (Å²) in [7, 11) is 0. The predicted octanol–water partition coefficient (Wildman–Crippen LogP) is 2.12. The molecule has 0 spiro atoms. The molecule has 0 N–H and O–H groups in total. The molecule has 1 aliphatic rings. The van der Waals surface area contributed by atoms with Gasteiger partial charge in [-0.2, -0.15) is 0 Å². The van der Waals surface area contributed by atoms with E-state index in [-0.39, 0.29) is 11.6 Å². The maximum absolute atomic E-state index is 12.0. The molecular formula is C9H8N2OS2. The first-order valence-electron chi connectivity index (χ1n) is 4.40. The summed E-state index contributed by atoms with van der Waals surface area (Å²) in [6.45, 7) is 2.06. The van der Waals surface area contributed by atoms with Crippen molar-refractivity contribution in [3.63, 3.8) is 0 Å². The number of thioether (sulfide) groups is 1. The standard InChI is InChI=1S/C9H8N2OS2/c1-5-4-14-9-10-6-2-3-13-7(6)8(12)11(5)9/h2-3,5H,4H2,1H3. The van der Waals surface area contributed by atoms with E-state index in [4.69, 9.17) is 0 Å². The maximum atomic E-state index is 12.0. The van der Waals surface area contributed by atoms with Crippen molar-refractivity contribution >= 4 is 33.3 Å². The van der Waals surface area contributed by atoms with Crippen molar-refractivity contribution in [2.45, 2.75) is 18.1 Å². The van der Waals surface area contributed by atoms with E-state index in [0.717, 1.165) is 21.1 Å². The van der Waals surface area contributed by atoms with E-state index < -0.39 is 0 Å². The van der Waals surface area contributed by atoms with Gasteiger partial charge in [-0.05, 0) is 18.4 Å². The van der Waals surface area contributed by atoms with E-state index in [0.29, 0.717) is 0 Å². The lowest BCUT2D eigenvalue weighted by Crippen LogP contribution is -2.22. The third-order valence-electron chi connectivity index (χ3n) is 2.37. The summed E-state index contributed by atoms with van der Waals surface area (Å²) < 4.78 is 2.59. The number of nitrogens with zero attached hydrogens (tertiary/aromatic N) is 2. The third kappa shape index (κ3) is 0.994. The van der Waals surface area contributed by atoms with E-state index >= 15 is 0 Å². The minimum Gasteiger partial charge on any atom is -0.283 e. The minimum atomic E-state index is 0.123. The van der Waals surface area contributed by atoms with E-state index in [1.807, 2.05) is 16.0 Å². The Hall–Kier alpha value is -0.810. The largest absolute Gasteiger partial charge is 0.283 e. The van der Waals surface area contributed by atoms with Crippen LogP contribution >= 0.6 is 23.1 Å². The monoisotopic (exact) mass is 224 g/mol. The van der Waals surface area contributed by atoms with Gasteiger partial charge in [0.15, 0.2) is 5.16 Å². The number of rotatable bonds is 0. The second kappa shape index (κ2) is 2.84. The van der Waals surface area contributed by atoms with Crippen LogP contribution in [0.15, 0.2) is 21.4 Å². The molecule has 0 fully saturated rings. The van der Waals surface area contributed by atoms with Crippen molar-refractivity contribution in [1.29, 1.82) is 0 Å². The van der Waals surface area contributed by atoms with Crippen molar-refractivity contribution in [2.24, 2.45) is 0 Å². The highest BCUT2D eigenvalue weighted by molar-refractivity contribution is 7.99. The van der Waals surface area contributed by atoms with Crippen molar-refractivity contribution in [3.8, 4) is 0 Å². The first-order valence-corrected chi connectivity index (χ1v) is 6.26. The highest BCUT2D eigenvalue weighted by Gasteiger charge is 2.23. The Morgan fingerprint density at radius 1 is 1.64 bits per heavy atom. The summed E-state index contributed by atoms with van der Waals surface area (Å²) in [5.41, 5.74) is 0.963. The molecule has 0 saturated carbocycles. The molecular weight excluding hydrogens is 216 g/mol. The molecule has 2 aromatic heterocycles. The molecule has 0 aromatic carbocycles. The topological polar surface area (TPSA) is 34.9 Å². The molecule has 0 amide bonds. The van der Waals surface area contributed by atoms with Gasteiger partial charge in [0.25, 0.3) is 5.56 Å². The fraction of sp³-hybridized carbons (Fsp3) is 0.333. The van der Waals surface area contributed by atoms with E-state index in [1.165, 1.54) is 11.3 Å². The Bertz CT molecular complexity index is 557. The molecule has 1 unspecified atom stereocenters. The lowest BCUT2D eigenvalue weighted by molar-refractivity contribution is 0.551. The summed E-state index contributed by atoms with van der Waals surface area (Å²) in [4.78, 5) is 16.5. The van der Waals surface area contributed by atoms with Gasteiger partial charge in [0.1, 0.15) is 4.70 Å². The zero-order valence-electron chi connectivity index (χ0n) is 7.56. The van der Waals surface area contributed by atoms with Gasteiger partial charge in [-0.25, -0.2) is 4.98 Å². The first-order chi connectivity index (χ1) is 6.77. The summed E-state index contributed by atoms with van der Waals surface area (Å²) in [6.07, 6.45) is 0. The molecule has 0 bridgehead atoms. The fourth-order valence-corrected chi connectivity index (χ4v) is 3.53. The zero-order valence-corrected chi connectivity index (χ0v) is 9.19. The van der Waals surface area contributed by atoms with Crippen LogP contribution in [0.4, 0.5) is 0 Å². The molecule has 14 heavy (non-hydrogen) atoms. The molecule has 3 nitrogen and oxygen atoms in total. The van der Waals surface area contributed by atoms with Crippen LogP contribution in [0.25, 0.3) is 10.2 Å². The van der Waals surface area contributed by atoms with E-state index in [1.54, 1.807) is 11.8 Å². The van der Waals surface area contributed by atoms with Crippen molar-refractivity contribution in [3.05, 3.63) is 21.8 Å². The van der Waals surface area contributed by atoms with Gasteiger partial charge in [0, 0.05) is 11.8 Å². The molecule has 5 heteroatoms. The zero-order chi connectivity index (χ0) is 9.71. The third-order valence-corrected chi connectivity index (χ3v) is 4.46. The smallest absolute Gasteiger partial charge is 0.272 e. The van der Waals surface area contributed by atoms with Gasteiger partial charge in [-0.1, -0.05) is 11.8 Å². The van der Waals surface area contributed by atoms with Gasteiger partial charge in [-0.3, -0.25) is 9.36 Å². The quantitative estimate of drug-likeness (QED) is 0.643. The molecule has 1 aliphatic heterocycles. The van der Waals surface area contributed by atoms with E-state index in [2.05, 4.69) is 11.9 Å². The van der Waals surface area contributed by atoms with Gasteiger partial charge in [-0.15, -0.1) is 11.3 Å². The number of aromatic nitrogens is 2. The average Bonchev–Trinajstić information content (AvgIpc) is 2.74. The Balaban J connectivity index is 2.48. The molecule has 72 valence electrons. The second-order valence-electron chi connectivity index (χ2n) is 3.36. The summed E-state index contributed by atoms with van der Waals surface area (Å²) in [6, 6.07) is 2.19. The number of thiophene rings is 1. The highest BCUT2D eigenvalue weighted by atomic mass is 32.2. The van der Waals surface area contributed by atoms with Crippen LogP contribution in [0, 0.1) is 0 Å². The maximum Gasteiger partial charge on any atom is 0.272 e. The fourth-order valence-electron chi connectivity index (χ4n) is 1.66. The van der Waals surface area contributed by atoms with Gasteiger partial charge in [0.05, 0.1) is 5.52 Å². The Labute approximate surface area is 88.8 Å². The molecule has 0 saturated heterocycles. The normalized spacial score (nSPS) is 20.2. The number of hydrogen-bond donors (Lipinski definition) is 0. The van der Waals surface area contributed by atoms with Gasteiger partial charge < -0.3 is 0 Å². The average molecular weight is 224 g/mol. The molecule has 0 radical (unpaired) electrons. The van der Waals surface area contributed by atoms with Crippen LogP contribution in [-0.2, 0) is 0 Å². The molecule has 1 atom stereocenters. The first kappa shape index (κ1) is 8.49. The Morgan fingerprint density at radius 2 is 2.50 bits per heavy atom. The van der Waals surface area contributed by atoms with Gasteiger partial charge in [0.2, 0.25) is 0 Å². The van der Waals surface area contributed by atoms with Crippen molar-refractivity contribution in [1.82, 2.24) is 9.55 Å². The van der Waals surface area contributed by atoms with Crippen molar-refractivity contribution in [2.75, 3.05) is 5.75 Å². The Kier molecular flexibility index (Phi) is 1.72. The lowest BCUT2D eigenvalue weighted by atomic mass is 10.4. The van der Waals surface area contributed by atoms with Crippen molar-refractivity contribution < 1.29 is 0 Å². The van der Waals surface area contributed by atoms with Crippen LogP contribution in [0.5, 0.6) is 0 Å². The SMILES string of the molecule is CC1CSc2nc3ccsc3c(=O)n21. The Morgan fingerprint density at radius 3 is 3.36 bits per heavy atom. The molecule has 0 aliphatic carbocycles. The van der Waals surface area contributed by atoms with Gasteiger partial charge >= 0.3 is 0 Å². The van der Waals surface area contributed by atoms with Crippen LogP contribution < -0.4 is 5.56 Å². The summed E-state index contributed by atoms with van der Waals surface area (Å²) in [5.74, 6) is 0.958. The highest BCUT2D eigenvalue weighted by Crippen LogP contribution is 2.31. The van der Waals surface area contributed by atoms with Crippen LogP contribution in [0.1, 0.15) is 13.0 Å². The van der Waals surface area contributed by atoms with Crippen LogP contribution in [0.3, 0.4) is 0 Å². The minimum absolute atomic E-state index is 0.123. The lowest BCUT2D eigenvalue weighted by Gasteiger charge is -2.05. The number of fused-ring (bicyclic) bond motifs is 2. The van der Waals surface area contributed by atoms with E-state index in [9.17, 15) is 4.79 Å². The predicted molar refractivity (Wildman–Crippen MR) is 59.3 cm³/mol. The molecule has 2 aromatic rings. The van der Waals surface area contributed by atoms with Crippen LogP contribution in [-0.4, -0.2) is 15.3 Å². The number of hydrogen-bond acceptors (Lipinski definition) is 4. The summed E-state index contributed by atoms with van der Waals surface area (Å²) in [5, 5.41) is 2.79.